The molecule has 18 heavy (non-hydrogen) atoms. The standard InChI is InChI=1S/C11H10F3NO3/c1-2-8(11(17)18)15-10(16)5-3-6(12)9(14)7(13)4-5/h3-4,8H,2H2,1H3,(H,15,16)(H,17,18)/t8-/m0/s1. The van der Waals surface area contributed by atoms with Crippen LogP contribution in [0.4, 0.5) is 13.2 Å². The maximum absolute atomic E-state index is 12.9. The highest BCUT2D eigenvalue weighted by Gasteiger charge is 2.20. The van der Waals surface area contributed by atoms with Gasteiger partial charge in [0.25, 0.3) is 5.91 Å². The molecule has 1 aromatic rings. The SMILES string of the molecule is CC[C@H](NC(=O)c1cc(F)c(F)c(F)c1)C(=O)O. The van der Waals surface area contributed by atoms with Gasteiger partial charge in [0.15, 0.2) is 17.5 Å². The van der Waals surface area contributed by atoms with Crippen LogP contribution in [0.5, 0.6) is 0 Å². The predicted molar refractivity (Wildman–Crippen MR) is 55.5 cm³/mol. The maximum atomic E-state index is 12.9. The molecule has 0 aliphatic carbocycles. The quantitative estimate of drug-likeness (QED) is 0.810. The van der Waals surface area contributed by atoms with Crippen LogP contribution >= 0.6 is 0 Å². The van der Waals surface area contributed by atoms with E-state index >= 15 is 0 Å². The molecule has 0 aliphatic rings. The first kappa shape index (κ1) is 14.0. The van der Waals surface area contributed by atoms with Gasteiger partial charge < -0.3 is 10.4 Å². The second-order valence-corrected chi connectivity index (χ2v) is 3.53. The first-order chi connectivity index (χ1) is 8.36. The van der Waals surface area contributed by atoms with Crippen molar-refractivity contribution in [2.24, 2.45) is 0 Å². The van der Waals surface area contributed by atoms with Gasteiger partial charge in [0.05, 0.1) is 0 Å². The molecule has 1 rings (SSSR count). The summed E-state index contributed by atoms with van der Waals surface area (Å²) in [5.74, 6) is -6.96. The Morgan fingerprint density at radius 2 is 1.78 bits per heavy atom. The Kier molecular flexibility index (Phi) is 4.30. The number of carboxylic acids is 1. The molecule has 7 heteroatoms. The average molecular weight is 261 g/mol. The molecule has 2 N–H and O–H groups in total. The zero-order valence-corrected chi connectivity index (χ0v) is 9.34. The third-order valence-electron chi connectivity index (χ3n) is 2.26. The van der Waals surface area contributed by atoms with Gasteiger partial charge in [-0.2, -0.15) is 0 Å². The molecule has 98 valence electrons. The number of aliphatic carboxylic acids is 1. The Balaban J connectivity index is 2.94. The number of amides is 1. The van der Waals surface area contributed by atoms with E-state index < -0.39 is 40.9 Å². The zero-order valence-electron chi connectivity index (χ0n) is 9.34. The van der Waals surface area contributed by atoms with Gasteiger partial charge in [0, 0.05) is 5.56 Å². The molecule has 0 aromatic heterocycles. The summed E-state index contributed by atoms with van der Waals surface area (Å²) in [4.78, 5) is 22.2. The van der Waals surface area contributed by atoms with E-state index in [1.54, 1.807) is 0 Å². The van der Waals surface area contributed by atoms with Crippen molar-refractivity contribution in [3.05, 3.63) is 35.1 Å². The van der Waals surface area contributed by atoms with E-state index in [0.717, 1.165) is 0 Å². The molecule has 0 unspecified atom stereocenters. The Morgan fingerprint density at radius 3 is 2.17 bits per heavy atom. The third-order valence-corrected chi connectivity index (χ3v) is 2.26. The number of carbonyl (C=O) groups excluding carboxylic acids is 1. The lowest BCUT2D eigenvalue weighted by Crippen LogP contribution is -2.40. The minimum Gasteiger partial charge on any atom is -0.480 e. The molecule has 1 atom stereocenters. The van der Waals surface area contributed by atoms with Gasteiger partial charge in [0.1, 0.15) is 6.04 Å². The summed E-state index contributed by atoms with van der Waals surface area (Å²) in [6, 6.07) is -0.168. The van der Waals surface area contributed by atoms with E-state index in [-0.39, 0.29) is 6.42 Å². The number of nitrogens with one attached hydrogen (secondary N) is 1. The molecule has 0 saturated heterocycles. The smallest absolute Gasteiger partial charge is 0.326 e. The molecular formula is C11H10F3NO3. The van der Waals surface area contributed by atoms with Crippen LogP contribution in [-0.4, -0.2) is 23.0 Å². The van der Waals surface area contributed by atoms with Crippen LogP contribution in [0.25, 0.3) is 0 Å². The zero-order chi connectivity index (χ0) is 13.9. The fourth-order valence-corrected chi connectivity index (χ4v) is 1.27. The Labute approximate surface area is 100 Å². The second kappa shape index (κ2) is 5.52. The molecule has 0 bridgehead atoms. The van der Waals surface area contributed by atoms with Crippen molar-refractivity contribution in [2.45, 2.75) is 19.4 Å². The first-order valence-corrected chi connectivity index (χ1v) is 5.05. The number of hydrogen-bond acceptors (Lipinski definition) is 2. The summed E-state index contributed by atoms with van der Waals surface area (Å²) in [5.41, 5.74) is -0.480. The van der Waals surface area contributed by atoms with Crippen LogP contribution in [0, 0.1) is 17.5 Å². The van der Waals surface area contributed by atoms with Crippen LogP contribution in [0.1, 0.15) is 23.7 Å². The van der Waals surface area contributed by atoms with Crippen molar-refractivity contribution < 1.29 is 27.9 Å². The normalized spacial score (nSPS) is 12.0. The molecule has 0 fully saturated rings. The highest BCUT2D eigenvalue weighted by Crippen LogP contribution is 2.13. The average Bonchev–Trinajstić information content (AvgIpc) is 2.31. The van der Waals surface area contributed by atoms with E-state index in [1.807, 2.05) is 0 Å². The fraction of sp³-hybridized carbons (Fsp3) is 0.273. The second-order valence-electron chi connectivity index (χ2n) is 3.53. The van der Waals surface area contributed by atoms with Crippen LogP contribution in [0.2, 0.25) is 0 Å². The number of carbonyl (C=O) groups is 2. The van der Waals surface area contributed by atoms with E-state index in [4.69, 9.17) is 5.11 Å². The highest BCUT2D eigenvalue weighted by molar-refractivity contribution is 5.96. The summed E-state index contributed by atoms with van der Waals surface area (Å²) in [6.45, 7) is 1.52. The molecular weight excluding hydrogens is 251 g/mol. The highest BCUT2D eigenvalue weighted by atomic mass is 19.2. The lowest BCUT2D eigenvalue weighted by atomic mass is 10.1. The summed E-state index contributed by atoms with van der Waals surface area (Å²) < 4.78 is 38.4. The van der Waals surface area contributed by atoms with Crippen molar-refractivity contribution in [3.8, 4) is 0 Å². The van der Waals surface area contributed by atoms with Crippen molar-refractivity contribution in [1.29, 1.82) is 0 Å². The first-order valence-electron chi connectivity index (χ1n) is 5.05. The van der Waals surface area contributed by atoms with Gasteiger partial charge >= 0.3 is 5.97 Å². The molecule has 1 amide bonds. The molecule has 0 heterocycles. The van der Waals surface area contributed by atoms with E-state index in [1.165, 1.54) is 6.92 Å². The molecule has 0 spiro atoms. The topological polar surface area (TPSA) is 66.4 Å². The summed E-state index contributed by atoms with van der Waals surface area (Å²) >= 11 is 0. The number of rotatable bonds is 4. The van der Waals surface area contributed by atoms with Gasteiger partial charge in [-0.25, -0.2) is 18.0 Å². The van der Waals surface area contributed by atoms with Crippen molar-refractivity contribution in [3.63, 3.8) is 0 Å². The van der Waals surface area contributed by atoms with E-state index in [0.29, 0.717) is 12.1 Å². The molecule has 0 saturated carbocycles. The lowest BCUT2D eigenvalue weighted by Gasteiger charge is -2.12. The van der Waals surface area contributed by atoms with Crippen LogP contribution in [-0.2, 0) is 4.79 Å². The van der Waals surface area contributed by atoms with Gasteiger partial charge in [-0.3, -0.25) is 4.79 Å². The number of carboxylic acid groups (broad SMARTS) is 1. The lowest BCUT2D eigenvalue weighted by molar-refractivity contribution is -0.139. The van der Waals surface area contributed by atoms with Crippen LogP contribution < -0.4 is 5.32 Å². The van der Waals surface area contributed by atoms with Gasteiger partial charge in [-0.05, 0) is 18.6 Å². The Bertz CT molecular complexity index is 467. The van der Waals surface area contributed by atoms with Gasteiger partial charge in [-0.1, -0.05) is 6.92 Å². The summed E-state index contributed by atoms with van der Waals surface area (Å²) in [6.07, 6.45) is 0.104. The van der Waals surface area contributed by atoms with Gasteiger partial charge in [-0.15, -0.1) is 0 Å². The summed E-state index contributed by atoms with van der Waals surface area (Å²) in [5, 5.41) is 10.8. The van der Waals surface area contributed by atoms with Crippen molar-refractivity contribution >= 4 is 11.9 Å². The van der Waals surface area contributed by atoms with Crippen LogP contribution in [0.15, 0.2) is 12.1 Å². The monoisotopic (exact) mass is 261 g/mol. The number of hydrogen-bond donors (Lipinski definition) is 2. The minimum atomic E-state index is -1.68. The van der Waals surface area contributed by atoms with Crippen molar-refractivity contribution in [1.82, 2.24) is 5.32 Å². The molecule has 0 aliphatic heterocycles. The Hall–Kier alpha value is -2.05. The summed E-state index contributed by atoms with van der Waals surface area (Å²) in [7, 11) is 0. The predicted octanol–water partition coefficient (Wildman–Crippen LogP) is 1.70. The Morgan fingerprint density at radius 1 is 1.28 bits per heavy atom. The number of benzene rings is 1. The van der Waals surface area contributed by atoms with E-state index in [9.17, 15) is 22.8 Å². The third kappa shape index (κ3) is 2.99. The van der Waals surface area contributed by atoms with E-state index in [2.05, 4.69) is 5.32 Å². The molecule has 0 radical (unpaired) electrons. The molecule has 4 nitrogen and oxygen atoms in total. The van der Waals surface area contributed by atoms with Crippen molar-refractivity contribution in [2.75, 3.05) is 0 Å². The van der Waals surface area contributed by atoms with Gasteiger partial charge in [0.2, 0.25) is 0 Å². The largest absolute Gasteiger partial charge is 0.480 e. The fourth-order valence-electron chi connectivity index (χ4n) is 1.27. The maximum Gasteiger partial charge on any atom is 0.326 e. The number of halogens is 3. The molecule has 1 aromatic carbocycles. The van der Waals surface area contributed by atoms with Crippen LogP contribution in [0.3, 0.4) is 0 Å². The minimum absolute atomic E-state index is 0.104.